The van der Waals surface area contributed by atoms with Gasteiger partial charge in [-0.15, -0.1) is 0 Å². The molecule has 0 radical (unpaired) electrons. The van der Waals surface area contributed by atoms with Gasteiger partial charge in [0, 0.05) is 43.3 Å². The third-order valence-corrected chi connectivity index (χ3v) is 6.64. The number of benzene rings is 2. The van der Waals surface area contributed by atoms with Crippen molar-refractivity contribution in [1.82, 2.24) is 20.9 Å². The zero-order valence-corrected chi connectivity index (χ0v) is 22.8. The summed E-state index contributed by atoms with van der Waals surface area (Å²) in [4.78, 5) is 39.2. The van der Waals surface area contributed by atoms with Crippen molar-refractivity contribution < 1.29 is 23.9 Å². The number of rotatable bonds is 11. The molecule has 1 aliphatic carbocycles. The molecule has 210 valence electrons. The summed E-state index contributed by atoms with van der Waals surface area (Å²) in [5.41, 5.74) is 3.47. The zero-order valence-electron chi connectivity index (χ0n) is 22.8. The molecule has 0 spiro atoms. The molecule has 1 saturated heterocycles. The van der Waals surface area contributed by atoms with Crippen LogP contribution in [0.4, 0.5) is 0 Å². The minimum Gasteiger partial charge on any atom is -0.467 e. The molecule has 2 amide bonds. The largest absolute Gasteiger partial charge is 0.467 e. The fourth-order valence-corrected chi connectivity index (χ4v) is 4.10. The van der Waals surface area contributed by atoms with E-state index < -0.39 is 17.9 Å². The zero-order chi connectivity index (χ0) is 28.2. The van der Waals surface area contributed by atoms with E-state index in [1.54, 1.807) is 30.3 Å². The Balaban J connectivity index is 1.24. The topological polar surface area (TPSA) is 109 Å². The van der Waals surface area contributed by atoms with Crippen LogP contribution in [0.15, 0.2) is 54.6 Å². The third-order valence-electron chi connectivity index (χ3n) is 6.64. The summed E-state index contributed by atoms with van der Waals surface area (Å²) in [5, 5.41) is 8.39. The van der Waals surface area contributed by atoms with E-state index in [9.17, 15) is 14.4 Å². The number of allylic oxidation sites excluding steroid dienone is 1. The minimum absolute atomic E-state index is 0.0594. The van der Waals surface area contributed by atoms with Crippen molar-refractivity contribution in [3.63, 3.8) is 0 Å². The number of morpholine rings is 1. The van der Waals surface area contributed by atoms with Gasteiger partial charge >= 0.3 is 5.97 Å². The van der Waals surface area contributed by atoms with Crippen molar-refractivity contribution in [2.75, 3.05) is 46.5 Å². The van der Waals surface area contributed by atoms with Crippen LogP contribution < -0.4 is 16.0 Å². The van der Waals surface area contributed by atoms with Gasteiger partial charge in [-0.3, -0.25) is 14.5 Å². The molecular formula is C31H36N4O5. The van der Waals surface area contributed by atoms with Crippen LogP contribution in [-0.2, 0) is 25.6 Å². The summed E-state index contributed by atoms with van der Waals surface area (Å²) in [6.07, 6.45) is 5.90. The van der Waals surface area contributed by atoms with Gasteiger partial charge in [0.05, 0.1) is 26.9 Å². The van der Waals surface area contributed by atoms with Crippen LogP contribution >= 0.6 is 0 Å². The molecule has 2 aromatic rings. The molecule has 2 aromatic carbocycles. The molecule has 3 N–H and O–H groups in total. The van der Waals surface area contributed by atoms with Crippen molar-refractivity contribution in [3.05, 3.63) is 76.9 Å². The lowest BCUT2D eigenvalue weighted by Crippen LogP contribution is -2.50. The average molecular weight is 545 g/mol. The molecule has 1 unspecified atom stereocenters. The Morgan fingerprint density at radius 3 is 2.48 bits per heavy atom. The quantitative estimate of drug-likeness (QED) is 0.292. The van der Waals surface area contributed by atoms with E-state index >= 15 is 0 Å². The number of carbonyl (C=O) groups is 3. The maximum absolute atomic E-state index is 12.7. The van der Waals surface area contributed by atoms with E-state index in [0.717, 1.165) is 56.8 Å². The summed E-state index contributed by atoms with van der Waals surface area (Å²) in [7, 11) is 1.24. The lowest BCUT2D eigenvalue weighted by molar-refractivity contribution is -0.142. The van der Waals surface area contributed by atoms with Crippen molar-refractivity contribution in [3.8, 4) is 11.8 Å². The molecule has 0 aromatic heterocycles. The Bertz CT molecular complexity index is 1240. The first-order chi connectivity index (χ1) is 19.5. The molecule has 2 fully saturated rings. The van der Waals surface area contributed by atoms with Crippen molar-refractivity contribution in [1.29, 1.82) is 0 Å². The summed E-state index contributed by atoms with van der Waals surface area (Å²) < 4.78 is 10.2. The van der Waals surface area contributed by atoms with Gasteiger partial charge in [0.25, 0.3) is 5.91 Å². The third kappa shape index (κ3) is 9.65. The van der Waals surface area contributed by atoms with Crippen molar-refractivity contribution in [2.24, 2.45) is 0 Å². The van der Waals surface area contributed by atoms with E-state index in [-0.39, 0.29) is 19.0 Å². The normalized spacial score (nSPS) is 16.0. The number of ether oxygens (including phenoxy) is 2. The first-order valence-corrected chi connectivity index (χ1v) is 13.6. The molecule has 9 heteroatoms. The van der Waals surface area contributed by atoms with Crippen LogP contribution in [-0.4, -0.2) is 81.3 Å². The number of nitrogens with one attached hydrogen (secondary N) is 3. The Hall–Kier alpha value is -3.97. The van der Waals surface area contributed by atoms with Crippen LogP contribution in [0.3, 0.4) is 0 Å². The highest BCUT2D eigenvalue weighted by Crippen LogP contribution is 2.17. The fourth-order valence-electron chi connectivity index (χ4n) is 4.10. The number of nitrogens with zero attached hydrogens (tertiary/aromatic N) is 1. The predicted molar refractivity (Wildman–Crippen MR) is 152 cm³/mol. The van der Waals surface area contributed by atoms with E-state index in [0.29, 0.717) is 11.6 Å². The van der Waals surface area contributed by atoms with Gasteiger partial charge in [-0.1, -0.05) is 36.1 Å². The summed E-state index contributed by atoms with van der Waals surface area (Å²) in [5.74, 6) is 4.76. The average Bonchev–Trinajstić information content (AvgIpc) is 3.82. The smallest absolute Gasteiger partial charge is 0.330 e. The molecule has 9 nitrogen and oxygen atoms in total. The molecular weight excluding hydrogens is 508 g/mol. The predicted octanol–water partition coefficient (Wildman–Crippen LogP) is 1.72. The summed E-state index contributed by atoms with van der Waals surface area (Å²) in [6.45, 7) is 4.57. The van der Waals surface area contributed by atoms with Gasteiger partial charge in [-0.05, 0) is 60.4 Å². The van der Waals surface area contributed by atoms with Crippen LogP contribution in [0.25, 0.3) is 6.08 Å². The van der Waals surface area contributed by atoms with Gasteiger partial charge < -0.3 is 25.4 Å². The number of hydrogen-bond acceptors (Lipinski definition) is 7. The van der Waals surface area contributed by atoms with E-state index in [1.165, 1.54) is 12.7 Å². The second-order valence-electron chi connectivity index (χ2n) is 9.82. The maximum Gasteiger partial charge on any atom is 0.330 e. The molecule has 1 atom stereocenters. The monoisotopic (exact) mass is 544 g/mol. The van der Waals surface area contributed by atoms with Crippen molar-refractivity contribution >= 4 is 23.9 Å². The standard InChI is InChI=1S/C31H36N4O5/c1-39-31(38)28(20-33-29(36)21-32-27-14-15-27)34-30(37)26-12-10-24(11-13-26)5-3-2-4-23-6-8-25(9-7-23)22-35-16-18-40-19-17-35/h2,4,6-13,27-28,32H,14-22H2,1H3,(H,33,36)(H,34,37). The Kier molecular flexibility index (Phi) is 10.9. The second kappa shape index (κ2) is 15.0. The molecule has 0 bridgehead atoms. The highest BCUT2D eigenvalue weighted by Gasteiger charge is 2.24. The van der Waals surface area contributed by atoms with E-state index in [4.69, 9.17) is 9.47 Å². The number of esters is 1. The van der Waals surface area contributed by atoms with Gasteiger partial charge in [0.15, 0.2) is 0 Å². The van der Waals surface area contributed by atoms with E-state index in [2.05, 4.69) is 57.0 Å². The van der Waals surface area contributed by atoms with E-state index in [1.807, 2.05) is 6.08 Å². The molecule has 1 heterocycles. The van der Waals surface area contributed by atoms with Gasteiger partial charge in [0.1, 0.15) is 6.04 Å². The highest BCUT2D eigenvalue weighted by atomic mass is 16.5. The van der Waals surface area contributed by atoms with Crippen LogP contribution in [0, 0.1) is 11.8 Å². The first kappa shape index (κ1) is 29.0. The SMILES string of the molecule is COC(=O)C(CNC(=O)CNC1CC1)NC(=O)c1ccc(C#CC=Cc2ccc(CN3CCOCC3)cc2)cc1. The van der Waals surface area contributed by atoms with Crippen LogP contribution in [0.5, 0.6) is 0 Å². The first-order valence-electron chi connectivity index (χ1n) is 13.6. The lowest BCUT2D eigenvalue weighted by Gasteiger charge is -2.26. The summed E-state index contributed by atoms with van der Waals surface area (Å²) >= 11 is 0. The minimum atomic E-state index is -1.000. The molecule has 40 heavy (non-hydrogen) atoms. The van der Waals surface area contributed by atoms with Gasteiger partial charge in [-0.2, -0.15) is 0 Å². The van der Waals surface area contributed by atoms with Crippen LogP contribution in [0.2, 0.25) is 0 Å². The summed E-state index contributed by atoms with van der Waals surface area (Å²) in [6, 6.07) is 14.6. The number of methoxy groups -OCH3 is 1. The van der Waals surface area contributed by atoms with Crippen LogP contribution in [0.1, 0.15) is 39.9 Å². The maximum atomic E-state index is 12.7. The Labute approximate surface area is 235 Å². The molecule has 1 saturated carbocycles. The Morgan fingerprint density at radius 2 is 1.80 bits per heavy atom. The Morgan fingerprint density at radius 1 is 1.07 bits per heavy atom. The lowest BCUT2D eigenvalue weighted by atomic mass is 10.1. The van der Waals surface area contributed by atoms with Crippen molar-refractivity contribution in [2.45, 2.75) is 31.5 Å². The highest BCUT2D eigenvalue weighted by molar-refractivity contribution is 5.97. The second-order valence-corrected chi connectivity index (χ2v) is 9.82. The van der Waals surface area contributed by atoms with Gasteiger partial charge in [0.2, 0.25) is 5.91 Å². The number of amides is 2. The molecule has 2 aliphatic rings. The fraction of sp³-hybridized carbons (Fsp3) is 0.387. The molecule has 1 aliphatic heterocycles. The number of carbonyl (C=O) groups excluding carboxylic acids is 3. The number of hydrogen-bond donors (Lipinski definition) is 3. The van der Waals surface area contributed by atoms with Gasteiger partial charge in [-0.25, -0.2) is 4.79 Å². The molecule has 4 rings (SSSR count).